The van der Waals surface area contributed by atoms with E-state index >= 15 is 0 Å². The molecule has 1 aliphatic rings. The lowest BCUT2D eigenvalue weighted by atomic mass is 9.67. The third kappa shape index (κ3) is 3.19. The van der Waals surface area contributed by atoms with E-state index in [0.717, 1.165) is 22.3 Å². The quantitative estimate of drug-likeness (QED) is 0.302. The zero-order valence-electron chi connectivity index (χ0n) is 18.4. The summed E-state index contributed by atoms with van der Waals surface area (Å²) < 4.78 is 0. The molecule has 33 heavy (non-hydrogen) atoms. The first kappa shape index (κ1) is 21.1. The molecule has 2 N–H and O–H groups in total. The van der Waals surface area contributed by atoms with Gasteiger partial charge in [-0.15, -0.1) is 13.2 Å². The molecule has 0 aliphatic heterocycles. The molecule has 4 aromatic rings. The van der Waals surface area contributed by atoms with Crippen LogP contribution in [0.3, 0.4) is 0 Å². The number of fused-ring (bicyclic) bond motifs is 3. The molecule has 4 aromatic carbocycles. The molecule has 0 amide bonds. The average Bonchev–Trinajstić information content (AvgIpc) is 3.19. The van der Waals surface area contributed by atoms with Crippen molar-refractivity contribution in [3.05, 3.63) is 156 Å². The predicted octanol–water partition coefficient (Wildman–Crippen LogP) is 6.49. The van der Waals surface area contributed by atoms with Gasteiger partial charge in [-0.05, 0) is 44.5 Å². The van der Waals surface area contributed by atoms with Gasteiger partial charge in [0.2, 0.25) is 0 Å². The van der Waals surface area contributed by atoms with E-state index in [9.17, 15) is 10.2 Å². The van der Waals surface area contributed by atoms with Gasteiger partial charge in [-0.1, -0.05) is 109 Å². The van der Waals surface area contributed by atoms with Crippen LogP contribution >= 0.6 is 0 Å². The molecule has 5 rings (SSSR count). The van der Waals surface area contributed by atoms with Gasteiger partial charge in [-0.2, -0.15) is 0 Å². The minimum Gasteiger partial charge on any atom is -0.384 e. The summed E-state index contributed by atoms with van der Waals surface area (Å²) in [5.41, 5.74) is 8.25. The van der Waals surface area contributed by atoms with Crippen LogP contribution in [0.4, 0.5) is 0 Å². The molecule has 162 valence electrons. The maximum atomic E-state index is 10.2. The lowest BCUT2D eigenvalue weighted by molar-refractivity contribution is 0.229. The first-order valence-electron chi connectivity index (χ1n) is 11.1. The standard InChI is InChI=1S/C31H26O2/c1-3-29(32)21-13-17-23(18-14-21)31(24-19-15-22(16-20-24)30(33)4-2)27-11-7-5-9-25(27)26-10-6-8-12-28(26)31/h3-20,29-30,32-33H,1-2H2. The first-order chi connectivity index (χ1) is 16.1. The second-order valence-corrected chi connectivity index (χ2v) is 8.45. The van der Waals surface area contributed by atoms with Crippen LogP contribution in [0.2, 0.25) is 0 Å². The molecule has 2 atom stereocenters. The van der Waals surface area contributed by atoms with E-state index in [-0.39, 0.29) is 0 Å². The molecule has 0 saturated carbocycles. The Morgan fingerprint density at radius 2 is 0.909 bits per heavy atom. The van der Waals surface area contributed by atoms with Crippen molar-refractivity contribution in [2.75, 3.05) is 0 Å². The fourth-order valence-corrected chi connectivity index (χ4v) is 5.16. The van der Waals surface area contributed by atoms with Crippen molar-refractivity contribution >= 4 is 0 Å². The third-order valence-electron chi connectivity index (χ3n) is 6.77. The molecule has 0 fully saturated rings. The van der Waals surface area contributed by atoms with Crippen molar-refractivity contribution in [2.45, 2.75) is 17.6 Å². The highest BCUT2D eigenvalue weighted by Crippen LogP contribution is 2.56. The Morgan fingerprint density at radius 1 is 0.545 bits per heavy atom. The maximum Gasteiger partial charge on any atom is 0.0969 e. The van der Waals surface area contributed by atoms with E-state index in [1.165, 1.54) is 34.4 Å². The monoisotopic (exact) mass is 430 g/mol. The van der Waals surface area contributed by atoms with Crippen LogP contribution in [0, 0.1) is 0 Å². The van der Waals surface area contributed by atoms with Crippen molar-refractivity contribution in [1.82, 2.24) is 0 Å². The largest absolute Gasteiger partial charge is 0.384 e. The second kappa shape index (κ2) is 8.32. The van der Waals surface area contributed by atoms with Gasteiger partial charge < -0.3 is 10.2 Å². The van der Waals surface area contributed by atoms with E-state index in [0.29, 0.717) is 0 Å². The Morgan fingerprint density at radius 3 is 1.27 bits per heavy atom. The fourth-order valence-electron chi connectivity index (χ4n) is 5.16. The van der Waals surface area contributed by atoms with E-state index in [1.807, 2.05) is 24.3 Å². The normalized spacial score (nSPS) is 15.2. The minimum atomic E-state index is -0.696. The Balaban J connectivity index is 1.81. The zero-order valence-corrected chi connectivity index (χ0v) is 18.4. The average molecular weight is 431 g/mol. The van der Waals surface area contributed by atoms with Crippen LogP contribution in [0.15, 0.2) is 122 Å². The number of benzene rings is 4. The van der Waals surface area contributed by atoms with Crippen molar-refractivity contribution < 1.29 is 10.2 Å². The van der Waals surface area contributed by atoms with E-state index in [2.05, 4.69) is 86.0 Å². The molecule has 0 radical (unpaired) electrons. The third-order valence-corrected chi connectivity index (χ3v) is 6.77. The lowest BCUT2D eigenvalue weighted by Crippen LogP contribution is -2.28. The highest BCUT2D eigenvalue weighted by molar-refractivity contribution is 5.86. The molecule has 0 bridgehead atoms. The number of aliphatic hydroxyl groups is 2. The molecular weight excluding hydrogens is 404 g/mol. The summed E-state index contributed by atoms with van der Waals surface area (Å²) in [4.78, 5) is 0. The first-order valence-corrected chi connectivity index (χ1v) is 11.1. The number of aliphatic hydroxyl groups excluding tert-OH is 2. The molecular formula is C31H26O2. The van der Waals surface area contributed by atoms with Crippen molar-refractivity contribution in [1.29, 1.82) is 0 Å². The van der Waals surface area contributed by atoms with Gasteiger partial charge in [0, 0.05) is 0 Å². The lowest BCUT2D eigenvalue weighted by Gasteiger charge is -2.34. The molecule has 0 spiro atoms. The summed E-state index contributed by atoms with van der Waals surface area (Å²) in [6.07, 6.45) is 1.68. The summed E-state index contributed by atoms with van der Waals surface area (Å²) in [6, 6.07) is 33.4. The van der Waals surface area contributed by atoms with Crippen LogP contribution in [0.5, 0.6) is 0 Å². The predicted molar refractivity (Wildman–Crippen MR) is 134 cm³/mol. The smallest absolute Gasteiger partial charge is 0.0969 e. The van der Waals surface area contributed by atoms with Gasteiger partial charge in [-0.3, -0.25) is 0 Å². The molecule has 0 saturated heterocycles. The van der Waals surface area contributed by atoms with Gasteiger partial charge in [0.05, 0.1) is 17.6 Å². The molecule has 1 aliphatic carbocycles. The van der Waals surface area contributed by atoms with Crippen LogP contribution in [0.1, 0.15) is 45.6 Å². The molecule has 2 unspecified atom stereocenters. The molecule has 2 nitrogen and oxygen atoms in total. The molecule has 0 aromatic heterocycles. The van der Waals surface area contributed by atoms with Gasteiger partial charge in [-0.25, -0.2) is 0 Å². The van der Waals surface area contributed by atoms with Gasteiger partial charge in [0.1, 0.15) is 0 Å². The second-order valence-electron chi connectivity index (χ2n) is 8.45. The van der Waals surface area contributed by atoms with Gasteiger partial charge in [0.15, 0.2) is 0 Å². The van der Waals surface area contributed by atoms with Crippen molar-refractivity contribution in [2.24, 2.45) is 0 Å². The van der Waals surface area contributed by atoms with Gasteiger partial charge in [0.25, 0.3) is 0 Å². The molecule has 0 heterocycles. The highest BCUT2D eigenvalue weighted by Gasteiger charge is 2.45. The zero-order chi connectivity index (χ0) is 23.0. The fraction of sp³-hybridized carbons (Fsp3) is 0.0968. The molecule has 2 heteroatoms. The van der Waals surface area contributed by atoms with Gasteiger partial charge >= 0.3 is 0 Å². The Bertz CT molecular complexity index is 1210. The Hall–Kier alpha value is -3.72. The number of rotatable bonds is 6. The summed E-state index contributed by atoms with van der Waals surface area (Å²) in [7, 11) is 0. The van der Waals surface area contributed by atoms with E-state index in [1.54, 1.807) is 0 Å². The van der Waals surface area contributed by atoms with Crippen LogP contribution in [0.25, 0.3) is 11.1 Å². The highest BCUT2D eigenvalue weighted by atomic mass is 16.3. The number of hydrogen-bond acceptors (Lipinski definition) is 2. The summed E-state index contributed by atoms with van der Waals surface area (Å²) in [6.45, 7) is 7.42. The summed E-state index contributed by atoms with van der Waals surface area (Å²) in [5.74, 6) is 0. The van der Waals surface area contributed by atoms with Crippen LogP contribution < -0.4 is 0 Å². The van der Waals surface area contributed by atoms with Crippen LogP contribution in [-0.4, -0.2) is 10.2 Å². The number of hydrogen-bond donors (Lipinski definition) is 2. The Labute approximate surface area is 194 Å². The maximum absolute atomic E-state index is 10.2. The van der Waals surface area contributed by atoms with Crippen molar-refractivity contribution in [3.63, 3.8) is 0 Å². The topological polar surface area (TPSA) is 40.5 Å². The van der Waals surface area contributed by atoms with Crippen molar-refractivity contribution in [3.8, 4) is 11.1 Å². The van der Waals surface area contributed by atoms with Crippen LogP contribution in [-0.2, 0) is 5.41 Å². The minimum absolute atomic E-state index is 0.511. The SMILES string of the molecule is C=CC(O)c1ccc(C2(c3ccc(C(O)C=C)cc3)c3ccccc3-c3ccccc32)cc1. The summed E-state index contributed by atoms with van der Waals surface area (Å²) >= 11 is 0. The van der Waals surface area contributed by atoms with E-state index in [4.69, 9.17) is 0 Å². The summed E-state index contributed by atoms with van der Waals surface area (Å²) in [5, 5.41) is 20.5. The van der Waals surface area contributed by atoms with E-state index < -0.39 is 17.6 Å². The Kier molecular flexibility index (Phi) is 5.33.